The van der Waals surface area contributed by atoms with E-state index in [2.05, 4.69) is 66.4 Å². The van der Waals surface area contributed by atoms with Gasteiger partial charge in [-0.25, -0.2) is 4.98 Å². The Balaban J connectivity index is 2.26. The first kappa shape index (κ1) is 14.5. The molecule has 1 aromatic carbocycles. The summed E-state index contributed by atoms with van der Waals surface area (Å²) in [5, 5.41) is 3.29. The Morgan fingerprint density at radius 1 is 1.20 bits per heavy atom. The molecule has 1 unspecified atom stereocenters. The van der Waals surface area contributed by atoms with Crippen LogP contribution >= 0.6 is 0 Å². The van der Waals surface area contributed by atoms with E-state index in [1.807, 2.05) is 19.3 Å². The minimum absolute atomic E-state index is 0.290. The summed E-state index contributed by atoms with van der Waals surface area (Å²) in [5.41, 5.74) is 3.88. The molecule has 0 aliphatic heterocycles. The molecule has 2 rings (SSSR count). The Morgan fingerprint density at radius 3 is 2.65 bits per heavy atom. The van der Waals surface area contributed by atoms with Crippen molar-refractivity contribution in [3.05, 3.63) is 59.3 Å². The first-order chi connectivity index (χ1) is 9.63. The Bertz CT molecular complexity index is 566. The van der Waals surface area contributed by atoms with Gasteiger partial charge in [0.1, 0.15) is 5.82 Å². The van der Waals surface area contributed by atoms with Crippen molar-refractivity contribution in [1.82, 2.24) is 10.3 Å². The second kappa shape index (κ2) is 6.53. The lowest BCUT2D eigenvalue weighted by atomic mass is 10.1. The van der Waals surface area contributed by atoms with Gasteiger partial charge in [0, 0.05) is 31.4 Å². The van der Waals surface area contributed by atoms with Crippen LogP contribution < -0.4 is 10.2 Å². The SMILES string of the molecule is CNC(C)c1cccnc1N(C)Cc1ccccc1C. The highest BCUT2D eigenvalue weighted by Crippen LogP contribution is 2.24. The molecule has 0 saturated heterocycles. The van der Waals surface area contributed by atoms with Crippen molar-refractivity contribution in [2.45, 2.75) is 26.4 Å². The smallest absolute Gasteiger partial charge is 0.133 e. The predicted molar refractivity (Wildman–Crippen MR) is 85.0 cm³/mol. The van der Waals surface area contributed by atoms with Gasteiger partial charge in [-0.3, -0.25) is 0 Å². The molecule has 0 aliphatic carbocycles. The number of rotatable bonds is 5. The Labute approximate surface area is 121 Å². The summed E-state index contributed by atoms with van der Waals surface area (Å²) >= 11 is 0. The first-order valence-electron chi connectivity index (χ1n) is 7.01. The van der Waals surface area contributed by atoms with E-state index in [1.165, 1.54) is 16.7 Å². The fraction of sp³-hybridized carbons (Fsp3) is 0.353. The van der Waals surface area contributed by atoms with Gasteiger partial charge in [0.2, 0.25) is 0 Å². The molecule has 3 heteroatoms. The third-order valence-corrected chi connectivity index (χ3v) is 3.75. The van der Waals surface area contributed by atoms with Gasteiger partial charge in [0.25, 0.3) is 0 Å². The van der Waals surface area contributed by atoms with Crippen LogP contribution in [0.2, 0.25) is 0 Å². The third-order valence-electron chi connectivity index (χ3n) is 3.75. The van der Waals surface area contributed by atoms with E-state index in [0.29, 0.717) is 0 Å². The molecule has 0 radical (unpaired) electrons. The fourth-order valence-corrected chi connectivity index (χ4v) is 2.34. The number of hydrogen-bond acceptors (Lipinski definition) is 3. The number of pyridine rings is 1. The van der Waals surface area contributed by atoms with Gasteiger partial charge < -0.3 is 10.2 Å². The van der Waals surface area contributed by atoms with Gasteiger partial charge in [0.05, 0.1) is 0 Å². The molecular formula is C17H23N3. The van der Waals surface area contributed by atoms with E-state index in [-0.39, 0.29) is 6.04 Å². The van der Waals surface area contributed by atoms with Gasteiger partial charge >= 0.3 is 0 Å². The average Bonchev–Trinajstić information content (AvgIpc) is 2.48. The maximum absolute atomic E-state index is 4.56. The highest BCUT2D eigenvalue weighted by molar-refractivity contribution is 5.48. The maximum atomic E-state index is 4.56. The summed E-state index contributed by atoms with van der Waals surface area (Å²) in [5.74, 6) is 1.04. The summed E-state index contributed by atoms with van der Waals surface area (Å²) in [4.78, 5) is 6.77. The van der Waals surface area contributed by atoms with Crippen molar-refractivity contribution < 1.29 is 0 Å². The molecule has 1 heterocycles. The highest BCUT2D eigenvalue weighted by atomic mass is 15.2. The van der Waals surface area contributed by atoms with E-state index >= 15 is 0 Å². The monoisotopic (exact) mass is 269 g/mol. The summed E-state index contributed by atoms with van der Waals surface area (Å²) in [6.45, 7) is 5.17. The van der Waals surface area contributed by atoms with Gasteiger partial charge in [-0.2, -0.15) is 0 Å². The van der Waals surface area contributed by atoms with Crippen LogP contribution in [0.25, 0.3) is 0 Å². The second-order valence-electron chi connectivity index (χ2n) is 5.21. The van der Waals surface area contributed by atoms with Gasteiger partial charge in [-0.1, -0.05) is 30.3 Å². The van der Waals surface area contributed by atoms with E-state index in [4.69, 9.17) is 0 Å². The second-order valence-corrected chi connectivity index (χ2v) is 5.21. The molecule has 1 N–H and O–H groups in total. The van der Waals surface area contributed by atoms with Crippen LogP contribution in [-0.4, -0.2) is 19.1 Å². The number of aromatic nitrogens is 1. The zero-order valence-electron chi connectivity index (χ0n) is 12.7. The number of benzene rings is 1. The zero-order valence-corrected chi connectivity index (χ0v) is 12.7. The molecule has 0 bridgehead atoms. The van der Waals surface area contributed by atoms with E-state index in [1.54, 1.807) is 0 Å². The van der Waals surface area contributed by atoms with E-state index in [9.17, 15) is 0 Å². The highest BCUT2D eigenvalue weighted by Gasteiger charge is 2.13. The van der Waals surface area contributed by atoms with Crippen molar-refractivity contribution in [1.29, 1.82) is 0 Å². The number of nitrogens with one attached hydrogen (secondary N) is 1. The third kappa shape index (κ3) is 3.17. The van der Waals surface area contributed by atoms with Crippen LogP contribution in [0.1, 0.15) is 29.7 Å². The van der Waals surface area contributed by atoms with Crippen molar-refractivity contribution in [3.8, 4) is 0 Å². The summed E-state index contributed by atoms with van der Waals surface area (Å²) in [6, 6.07) is 12.9. The fourth-order valence-electron chi connectivity index (χ4n) is 2.34. The maximum Gasteiger partial charge on any atom is 0.133 e. The minimum Gasteiger partial charge on any atom is -0.355 e. The van der Waals surface area contributed by atoms with Crippen molar-refractivity contribution in [2.75, 3.05) is 19.0 Å². The number of nitrogens with zero attached hydrogens (tertiary/aromatic N) is 2. The van der Waals surface area contributed by atoms with Crippen LogP contribution in [0.5, 0.6) is 0 Å². The zero-order chi connectivity index (χ0) is 14.5. The quantitative estimate of drug-likeness (QED) is 0.902. The van der Waals surface area contributed by atoms with Crippen LogP contribution in [0.3, 0.4) is 0 Å². The summed E-state index contributed by atoms with van der Waals surface area (Å²) in [7, 11) is 4.07. The molecule has 20 heavy (non-hydrogen) atoms. The van der Waals surface area contributed by atoms with Crippen LogP contribution in [0.15, 0.2) is 42.6 Å². The van der Waals surface area contributed by atoms with Crippen molar-refractivity contribution in [2.24, 2.45) is 0 Å². The Kier molecular flexibility index (Phi) is 4.74. The Hall–Kier alpha value is -1.87. The molecule has 0 saturated carbocycles. The van der Waals surface area contributed by atoms with Crippen LogP contribution in [0, 0.1) is 6.92 Å². The normalized spacial score (nSPS) is 12.2. The van der Waals surface area contributed by atoms with Crippen molar-refractivity contribution >= 4 is 5.82 Å². The van der Waals surface area contributed by atoms with Crippen molar-refractivity contribution in [3.63, 3.8) is 0 Å². The molecule has 0 aliphatic rings. The standard InChI is InChI=1S/C17H23N3/c1-13-8-5-6-9-15(13)12-20(4)17-16(14(2)18-3)10-7-11-19-17/h5-11,14,18H,12H2,1-4H3. The van der Waals surface area contributed by atoms with Gasteiger partial charge in [-0.05, 0) is 38.1 Å². The molecule has 106 valence electrons. The van der Waals surface area contributed by atoms with Gasteiger partial charge in [0.15, 0.2) is 0 Å². The van der Waals surface area contributed by atoms with E-state index < -0.39 is 0 Å². The lowest BCUT2D eigenvalue weighted by Crippen LogP contribution is -2.23. The Morgan fingerprint density at radius 2 is 1.95 bits per heavy atom. The van der Waals surface area contributed by atoms with Gasteiger partial charge in [-0.15, -0.1) is 0 Å². The lowest BCUT2D eigenvalue weighted by molar-refractivity contribution is 0.646. The number of aryl methyl sites for hydroxylation is 1. The lowest BCUT2D eigenvalue weighted by Gasteiger charge is -2.24. The number of anilines is 1. The van der Waals surface area contributed by atoms with Crippen LogP contribution in [-0.2, 0) is 6.54 Å². The molecular weight excluding hydrogens is 246 g/mol. The summed E-state index contributed by atoms with van der Waals surface area (Å²) < 4.78 is 0. The number of hydrogen-bond donors (Lipinski definition) is 1. The molecule has 0 amide bonds. The van der Waals surface area contributed by atoms with E-state index in [0.717, 1.165) is 12.4 Å². The predicted octanol–water partition coefficient (Wildman–Crippen LogP) is 3.31. The van der Waals surface area contributed by atoms with Crippen LogP contribution in [0.4, 0.5) is 5.82 Å². The molecule has 0 fully saturated rings. The largest absolute Gasteiger partial charge is 0.355 e. The molecule has 3 nitrogen and oxygen atoms in total. The average molecular weight is 269 g/mol. The molecule has 1 atom stereocenters. The first-order valence-corrected chi connectivity index (χ1v) is 7.01. The topological polar surface area (TPSA) is 28.2 Å². The summed E-state index contributed by atoms with van der Waals surface area (Å²) in [6.07, 6.45) is 1.86. The molecule has 0 spiro atoms. The molecule has 1 aromatic heterocycles. The minimum atomic E-state index is 0.290. The molecule has 2 aromatic rings.